The van der Waals surface area contributed by atoms with Gasteiger partial charge in [-0.1, -0.05) is 20.4 Å². The minimum absolute atomic E-state index is 0.421. The van der Waals surface area contributed by atoms with Crippen molar-refractivity contribution in [1.82, 2.24) is 15.1 Å². The Bertz CT molecular complexity index is 312. The van der Waals surface area contributed by atoms with Crippen LogP contribution >= 0.6 is 0 Å². The largest absolute Gasteiger partial charge is 0.381 e. The first-order valence-electron chi connectivity index (χ1n) is 4.96. The Kier molecular flexibility index (Phi) is 3.33. The Morgan fingerprint density at radius 1 is 1.50 bits per heavy atom. The van der Waals surface area contributed by atoms with E-state index in [0.717, 1.165) is 11.4 Å². The fourth-order valence-electron chi connectivity index (χ4n) is 1.09. The highest BCUT2D eigenvalue weighted by atomic mass is 15.3. The van der Waals surface area contributed by atoms with Crippen LogP contribution in [0.5, 0.6) is 0 Å². The number of rotatable bonds is 4. The van der Waals surface area contributed by atoms with Gasteiger partial charge in [0, 0.05) is 19.3 Å². The van der Waals surface area contributed by atoms with E-state index < -0.39 is 0 Å². The number of aryl methyl sites for hydroxylation is 1. The van der Waals surface area contributed by atoms with Gasteiger partial charge < -0.3 is 5.32 Å². The predicted molar refractivity (Wildman–Crippen MR) is 59.7 cm³/mol. The van der Waals surface area contributed by atoms with E-state index in [9.17, 15) is 0 Å². The molecule has 0 amide bonds. The molecule has 1 heterocycles. The Morgan fingerprint density at radius 2 is 2.14 bits per heavy atom. The summed E-state index contributed by atoms with van der Waals surface area (Å²) in [6.45, 7) is 10.5. The van der Waals surface area contributed by atoms with Crippen molar-refractivity contribution in [2.24, 2.45) is 13.0 Å². The van der Waals surface area contributed by atoms with Crippen LogP contribution in [0.15, 0.2) is 18.8 Å². The van der Waals surface area contributed by atoms with E-state index in [1.54, 1.807) is 4.68 Å². The van der Waals surface area contributed by atoms with Gasteiger partial charge in [0.25, 0.3) is 0 Å². The molecule has 1 N–H and O–H groups in total. The zero-order valence-electron chi connectivity index (χ0n) is 9.41. The van der Waals surface area contributed by atoms with Crippen molar-refractivity contribution in [3.8, 4) is 0 Å². The highest BCUT2D eigenvalue weighted by Crippen LogP contribution is 2.09. The summed E-state index contributed by atoms with van der Waals surface area (Å²) >= 11 is 0. The number of nitrogens with one attached hydrogen (secondary N) is 1. The van der Waals surface area contributed by atoms with E-state index in [0.29, 0.717) is 12.0 Å². The molecule has 0 saturated heterocycles. The molecule has 3 heteroatoms. The number of nitrogens with zero attached hydrogens (tertiary/aromatic N) is 2. The standard InChI is InChI=1S/C11H19N3/c1-8(2)9(3)12-10(4)11-6-7-14(5)13-11/h6-9,12H,4H2,1-3,5H3/t9-/m1/s1. The third-order valence-corrected chi connectivity index (χ3v) is 2.42. The molecule has 0 aliphatic rings. The fraction of sp³-hybridized carbons (Fsp3) is 0.545. The average molecular weight is 193 g/mol. The summed E-state index contributed by atoms with van der Waals surface area (Å²) in [4.78, 5) is 0. The summed E-state index contributed by atoms with van der Waals surface area (Å²) in [5.41, 5.74) is 1.81. The molecule has 0 aliphatic heterocycles. The molecule has 0 aliphatic carbocycles. The normalized spacial score (nSPS) is 12.9. The second-order valence-electron chi connectivity index (χ2n) is 4.03. The highest BCUT2D eigenvalue weighted by Gasteiger charge is 2.09. The predicted octanol–water partition coefficient (Wildman–Crippen LogP) is 2.02. The summed E-state index contributed by atoms with van der Waals surface area (Å²) in [6, 6.07) is 2.38. The maximum atomic E-state index is 4.28. The molecule has 0 spiro atoms. The lowest BCUT2D eigenvalue weighted by Gasteiger charge is -2.19. The second-order valence-corrected chi connectivity index (χ2v) is 4.03. The molecular weight excluding hydrogens is 174 g/mol. The van der Waals surface area contributed by atoms with Crippen LogP contribution in [0, 0.1) is 5.92 Å². The van der Waals surface area contributed by atoms with E-state index in [4.69, 9.17) is 0 Å². The van der Waals surface area contributed by atoms with E-state index >= 15 is 0 Å². The van der Waals surface area contributed by atoms with Crippen molar-refractivity contribution in [3.63, 3.8) is 0 Å². The van der Waals surface area contributed by atoms with Gasteiger partial charge in [-0.25, -0.2) is 0 Å². The second kappa shape index (κ2) is 4.31. The van der Waals surface area contributed by atoms with Gasteiger partial charge in [-0.15, -0.1) is 0 Å². The number of hydrogen-bond acceptors (Lipinski definition) is 2. The molecule has 0 unspecified atom stereocenters. The van der Waals surface area contributed by atoms with E-state index in [1.807, 2.05) is 19.3 Å². The number of hydrogen-bond donors (Lipinski definition) is 1. The summed E-state index contributed by atoms with van der Waals surface area (Å²) in [5, 5.41) is 7.62. The zero-order valence-corrected chi connectivity index (χ0v) is 9.41. The fourth-order valence-corrected chi connectivity index (χ4v) is 1.09. The minimum Gasteiger partial charge on any atom is -0.381 e. The molecule has 14 heavy (non-hydrogen) atoms. The number of aromatic nitrogens is 2. The monoisotopic (exact) mass is 193 g/mol. The summed E-state index contributed by atoms with van der Waals surface area (Å²) < 4.78 is 1.78. The molecule has 1 rings (SSSR count). The van der Waals surface area contributed by atoms with Crippen molar-refractivity contribution in [1.29, 1.82) is 0 Å². The summed E-state index contributed by atoms with van der Waals surface area (Å²) in [5.74, 6) is 0.593. The van der Waals surface area contributed by atoms with Gasteiger partial charge in [0.2, 0.25) is 0 Å². The molecule has 0 radical (unpaired) electrons. The Labute approximate surface area is 85.8 Å². The van der Waals surface area contributed by atoms with Gasteiger partial charge in [0.05, 0.1) is 5.70 Å². The maximum absolute atomic E-state index is 4.28. The van der Waals surface area contributed by atoms with Crippen LogP contribution in [-0.4, -0.2) is 15.8 Å². The minimum atomic E-state index is 0.421. The van der Waals surface area contributed by atoms with E-state index in [1.165, 1.54) is 0 Å². The summed E-state index contributed by atoms with van der Waals surface area (Å²) in [6.07, 6.45) is 1.92. The van der Waals surface area contributed by atoms with Gasteiger partial charge in [-0.3, -0.25) is 4.68 Å². The van der Waals surface area contributed by atoms with Crippen LogP contribution in [-0.2, 0) is 7.05 Å². The van der Waals surface area contributed by atoms with Gasteiger partial charge in [-0.2, -0.15) is 5.10 Å². The smallest absolute Gasteiger partial charge is 0.108 e. The van der Waals surface area contributed by atoms with Crippen LogP contribution < -0.4 is 5.32 Å². The molecular formula is C11H19N3. The lowest BCUT2D eigenvalue weighted by molar-refractivity contribution is 0.480. The Morgan fingerprint density at radius 3 is 2.57 bits per heavy atom. The van der Waals surface area contributed by atoms with Crippen molar-refractivity contribution in [3.05, 3.63) is 24.5 Å². The van der Waals surface area contributed by atoms with Gasteiger partial charge in [0.15, 0.2) is 0 Å². The van der Waals surface area contributed by atoms with E-state index in [-0.39, 0.29) is 0 Å². The van der Waals surface area contributed by atoms with Gasteiger partial charge in [0.1, 0.15) is 5.69 Å². The molecule has 78 valence electrons. The van der Waals surface area contributed by atoms with Crippen LogP contribution in [0.25, 0.3) is 5.70 Å². The molecule has 3 nitrogen and oxygen atoms in total. The first-order valence-corrected chi connectivity index (χ1v) is 4.96. The molecule has 1 aromatic rings. The van der Waals surface area contributed by atoms with Gasteiger partial charge >= 0.3 is 0 Å². The van der Waals surface area contributed by atoms with Crippen LogP contribution in [0.3, 0.4) is 0 Å². The quantitative estimate of drug-likeness (QED) is 0.793. The first kappa shape index (κ1) is 10.8. The van der Waals surface area contributed by atoms with E-state index in [2.05, 4.69) is 37.8 Å². The molecule has 0 fully saturated rings. The Balaban J connectivity index is 2.59. The van der Waals surface area contributed by atoms with Crippen molar-refractivity contribution in [2.75, 3.05) is 0 Å². The van der Waals surface area contributed by atoms with Crippen molar-refractivity contribution in [2.45, 2.75) is 26.8 Å². The van der Waals surface area contributed by atoms with Crippen molar-refractivity contribution < 1.29 is 0 Å². The van der Waals surface area contributed by atoms with Gasteiger partial charge in [-0.05, 0) is 18.9 Å². The molecule has 1 aromatic heterocycles. The molecule has 0 bridgehead atoms. The van der Waals surface area contributed by atoms with Crippen LogP contribution in [0.1, 0.15) is 26.5 Å². The van der Waals surface area contributed by atoms with Crippen LogP contribution in [0.2, 0.25) is 0 Å². The highest BCUT2D eigenvalue weighted by molar-refractivity contribution is 5.57. The maximum Gasteiger partial charge on any atom is 0.108 e. The van der Waals surface area contributed by atoms with Crippen molar-refractivity contribution >= 4 is 5.70 Å². The molecule has 0 saturated carbocycles. The topological polar surface area (TPSA) is 29.9 Å². The third kappa shape index (κ3) is 2.62. The third-order valence-electron chi connectivity index (χ3n) is 2.42. The Hall–Kier alpha value is -1.25. The lowest BCUT2D eigenvalue weighted by atomic mass is 10.1. The molecule has 0 aromatic carbocycles. The summed E-state index contributed by atoms with van der Waals surface area (Å²) in [7, 11) is 1.91. The average Bonchev–Trinajstić information content (AvgIpc) is 2.51. The van der Waals surface area contributed by atoms with Crippen LogP contribution in [0.4, 0.5) is 0 Å². The SMILES string of the molecule is C=C(N[C@H](C)C(C)C)c1ccn(C)n1. The molecule has 1 atom stereocenters. The zero-order chi connectivity index (χ0) is 10.7. The lowest BCUT2D eigenvalue weighted by Crippen LogP contribution is -2.29. The first-order chi connectivity index (χ1) is 6.50.